The predicted octanol–water partition coefficient (Wildman–Crippen LogP) is 4.57. The monoisotopic (exact) mass is 588 g/mol. The number of alkyl halides is 3. The van der Waals surface area contributed by atoms with Gasteiger partial charge >= 0.3 is 12.1 Å². The predicted molar refractivity (Wildman–Crippen MR) is 151 cm³/mol. The van der Waals surface area contributed by atoms with Crippen molar-refractivity contribution in [1.29, 1.82) is 0 Å². The molecule has 1 saturated heterocycles. The quantitative estimate of drug-likeness (QED) is 0.390. The Bertz CT molecular complexity index is 1450. The van der Waals surface area contributed by atoms with E-state index in [2.05, 4.69) is 15.2 Å². The summed E-state index contributed by atoms with van der Waals surface area (Å²) >= 11 is 0. The van der Waals surface area contributed by atoms with Gasteiger partial charge in [0, 0.05) is 38.9 Å². The number of benzene rings is 2. The average molecular weight is 589 g/mol. The van der Waals surface area contributed by atoms with Gasteiger partial charge in [0.15, 0.2) is 5.82 Å². The van der Waals surface area contributed by atoms with Crippen LogP contribution >= 0.6 is 0 Å². The van der Waals surface area contributed by atoms with Crippen molar-refractivity contribution < 1.29 is 37.7 Å². The number of fused-ring (bicyclic) bond motifs is 2. The van der Waals surface area contributed by atoms with E-state index >= 15 is 0 Å². The number of nitrogens with one attached hydrogen (secondary N) is 1. The number of carbonyl (C=O) groups is 2. The van der Waals surface area contributed by atoms with Crippen LogP contribution in [0.3, 0.4) is 0 Å². The third kappa shape index (κ3) is 6.65. The van der Waals surface area contributed by atoms with Gasteiger partial charge in [0.25, 0.3) is 5.91 Å². The Labute approximate surface area is 240 Å². The Balaban J connectivity index is 0.000000517. The van der Waals surface area contributed by atoms with Gasteiger partial charge in [-0.05, 0) is 44.0 Å². The van der Waals surface area contributed by atoms with Crippen LogP contribution in [0.2, 0.25) is 0 Å². The van der Waals surface area contributed by atoms with E-state index in [0.29, 0.717) is 35.4 Å². The minimum absolute atomic E-state index is 0.102. The highest BCUT2D eigenvalue weighted by Gasteiger charge is 2.38. The molecular formula is C28H31F3N6O5. The molecule has 1 amide bonds. The minimum atomic E-state index is -5.08. The van der Waals surface area contributed by atoms with Crippen LogP contribution in [0.1, 0.15) is 30.1 Å². The molecule has 11 nitrogen and oxygen atoms in total. The van der Waals surface area contributed by atoms with Crippen molar-refractivity contribution in [3.8, 4) is 5.75 Å². The number of anilines is 6. The largest absolute Gasteiger partial charge is 0.492 e. The van der Waals surface area contributed by atoms with Crippen molar-refractivity contribution in [3.63, 3.8) is 0 Å². The molecule has 2 aliphatic rings. The molecule has 14 heteroatoms. The van der Waals surface area contributed by atoms with Gasteiger partial charge in [-0.3, -0.25) is 4.79 Å². The lowest BCUT2D eigenvalue weighted by molar-refractivity contribution is -0.192. The molecule has 3 heterocycles. The Morgan fingerprint density at radius 1 is 1.10 bits per heavy atom. The standard InChI is InChI=1S/C26H30N6O3.C2HF3O2/c1-4-35-23-15-17(32-13-11-18(33)12-14-32)9-10-20(23)28-26-27-16-22-24(29-26)30(2)21-8-6-5-7-19(21)25(34)31(22)3;3-2(4,5)1(6)7/h5-10,15-16,18,33H,4,11-14H2,1-3H3,(H,27,28,29);(H,6,7). The summed E-state index contributed by atoms with van der Waals surface area (Å²) in [6.45, 7) is 4.10. The number of ether oxygens (including phenoxy) is 1. The minimum Gasteiger partial charge on any atom is -0.492 e. The van der Waals surface area contributed by atoms with Gasteiger partial charge in [-0.25, -0.2) is 9.78 Å². The molecular weight excluding hydrogens is 557 g/mol. The van der Waals surface area contributed by atoms with E-state index in [1.807, 2.05) is 61.3 Å². The number of halogens is 3. The van der Waals surface area contributed by atoms with Gasteiger partial charge in [0.05, 0.1) is 35.8 Å². The number of hydrogen-bond donors (Lipinski definition) is 3. The number of carbonyl (C=O) groups excluding carboxylic acids is 1. The highest BCUT2D eigenvalue weighted by molar-refractivity contribution is 6.13. The summed E-state index contributed by atoms with van der Waals surface area (Å²) in [6, 6.07) is 13.5. The Hall–Kier alpha value is -4.59. The maximum atomic E-state index is 13.0. The normalized spacial score (nSPS) is 15.2. The van der Waals surface area contributed by atoms with E-state index in [0.717, 1.165) is 43.0 Å². The fraction of sp³-hybridized carbons (Fsp3) is 0.357. The average Bonchev–Trinajstić information content (AvgIpc) is 3.04. The molecule has 0 spiro atoms. The molecule has 1 fully saturated rings. The first-order chi connectivity index (χ1) is 19.9. The SMILES string of the molecule is CCOc1cc(N2CCC(O)CC2)ccc1Nc1ncc2c(n1)N(C)c1ccccc1C(=O)N2C.O=C(O)C(F)(F)F. The number of rotatable bonds is 5. The van der Waals surface area contributed by atoms with Crippen LogP contribution in [-0.4, -0.2) is 78.1 Å². The zero-order chi connectivity index (χ0) is 30.6. The molecule has 0 radical (unpaired) electrons. The molecule has 3 N–H and O–H groups in total. The molecule has 224 valence electrons. The first-order valence-corrected chi connectivity index (χ1v) is 13.2. The molecule has 0 unspecified atom stereocenters. The lowest BCUT2D eigenvalue weighted by Crippen LogP contribution is -2.35. The van der Waals surface area contributed by atoms with Gasteiger partial charge < -0.3 is 35.0 Å². The molecule has 5 rings (SSSR count). The highest BCUT2D eigenvalue weighted by atomic mass is 19.4. The summed E-state index contributed by atoms with van der Waals surface area (Å²) in [4.78, 5) is 36.9. The summed E-state index contributed by atoms with van der Waals surface area (Å²) in [6.07, 6.45) is -2.11. The first kappa shape index (κ1) is 30.4. The van der Waals surface area contributed by atoms with E-state index in [1.165, 1.54) is 0 Å². The van der Waals surface area contributed by atoms with Gasteiger partial charge in [-0.1, -0.05) is 12.1 Å². The Morgan fingerprint density at radius 2 is 1.76 bits per heavy atom. The molecule has 0 bridgehead atoms. The van der Waals surface area contributed by atoms with Gasteiger partial charge in [-0.2, -0.15) is 18.2 Å². The number of aliphatic carboxylic acids is 1. The van der Waals surface area contributed by atoms with Crippen molar-refractivity contribution in [2.45, 2.75) is 32.0 Å². The smallest absolute Gasteiger partial charge is 0.490 e. The fourth-order valence-corrected chi connectivity index (χ4v) is 4.59. The van der Waals surface area contributed by atoms with Crippen molar-refractivity contribution in [2.24, 2.45) is 0 Å². The maximum Gasteiger partial charge on any atom is 0.490 e. The lowest BCUT2D eigenvalue weighted by atomic mass is 10.1. The Morgan fingerprint density at radius 3 is 2.40 bits per heavy atom. The second kappa shape index (κ2) is 12.5. The summed E-state index contributed by atoms with van der Waals surface area (Å²) in [5.74, 6) is -1.11. The van der Waals surface area contributed by atoms with Gasteiger partial charge in [0.1, 0.15) is 11.4 Å². The van der Waals surface area contributed by atoms with Gasteiger partial charge in [-0.15, -0.1) is 0 Å². The number of piperidine rings is 1. The van der Waals surface area contributed by atoms with E-state index in [-0.39, 0.29) is 12.0 Å². The number of aromatic nitrogens is 2. The number of aliphatic hydroxyl groups excluding tert-OH is 1. The van der Waals surface area contributed by atoms with E-state index in [9.17, 15) is 23.1 Å². The maximum absolute atomic E-state index is 13.0. The molecule has 0 saturated carbocycles. The van der Waals surface area contributed by atoms with Gasteiger partial charge in [0.2, 0.25) is 5.95 Å². The van der Waals surface area contributed by atoms with E-state index in [4.69, 9.17) is 19.6 Å². The first-order valence-electron chi connectivity index (χ1n) is 13.2. The number of para-hydroxylation sites is 1. The molecule has 2 aliphatic heterocycles. The van der Waals surface area contributed by atoms with Crippen LogP contribution < -0.4 is 24.8 Å². The van der Waals surface area contributed by atoms with Crippen LogP contribution in [0, 0.1) is 0 Å². The van der Waals surface area contributed by atoms with Crippen LogP contribution in [0.25, 0.3) is 0 Å². The summed E-state index contributed by atoms with van der Waals surface area (Å²) in [5.41, 5.74) is 3.86. The molecule has 3 aromatic rings. The summed E-state index contributed by atoms with van der Waals surface area (Å²) in [5, 5.41) is 20.3. The second-order valence-electron chi connectivity index (χ2n) is 9.60. The van der Waals surface area contributed by atoms with Crippen molar-refractivity contribution >= 4 is 46.4 Å². The molecule has 0 aliphatic carbocycles. The summed E-state index contributed by atoms with van der Waals surface area (Å²) in [7, 11) is 3.63. The van der Waals surface area contributed by atoms with Crippen molar-refractivity contribution in [3.05, 3.63) is 54.2 Å². The number of amides is 1. The van der Waals surface area contributed by atoms with Crippen LogP contribution in [0.15, 0.2) is 48.7 Å². The number of carboxylic acid groups (broad SMARTS) is 1. The fourth-order valence-electron chi connectivity index (χ4n) is 4.59. The number of carboxylic acids is 1. The summed E-state index contributed by atoms with van der Waals surface area (Å²) < 4.78 is 37.7. The highest BCUT2D eigenvalue weighted by Crippen LogP contribution is 2.39. The molecule has 0 atom stereocenters. The molecule has 1 aromatic heterocycles. The molecule has 42 heavy (non-hydrogen) atoms. The van der Waals surface area contributed by atoms with Crippen LogP contribution in [-0.2, 0) is 4.79 Å². The van der Waals surface area contributed by atoms with Crippen LogP contribution in [0.4, 0.5) is 47.7 Å². The number of aliphatic hydroxyl groups is 1. The topological polar surface area (TPSA) is 131 Å². The Kier molecular flexibility index (Phi) is 9.05. The van der Waals surface area contributed by atoms with E-state index < -0.39 is 12.1 Å². The number of nitrogens with zero attached hydrogens (tertiary/aromatic N) is 5. The second-order valence-corrected chi connectivity index (χ2v) is 9.60. The van der Waals surface area contributed by atoms with Crippen molar-refractivity contribution in [1.82, 2.24) is 9.97 Å². The zero-order valence-electron chi connectivity index (χ0n) is 23.2. The third-order valence-electron chi connectivity index (χ3n) is 6.81. The van der Waals surface area contributed by atoms with Crippen LogP contribution in [0.5, 0.6) is 5.75 Å². The van der Waals surface area contributed by atoms with Crippen molar-refractivity contribution in [2.75, 3.05) is 53.8 Å². The zero-order valence-corrected chi connectivity index (χ0v) is 23.2. The van der Waals surface area contributed by atoms with E-state index in [1.54, 1.807) is 18.1 Å². The lowest BCUT2D eigenvalue weighted by Gasteiger charge is -2.32. The third-order valence-corrected chi connectivity index (χ3v) is 6.81. The number of hydrogen-bond acceptors (Lipinski definition) is 9. The molecule has 2 aromatic carbocycles.